The summed E-state index contributed by atoms with van der Waals surface area (Å²) in [5.41, 5.74) is 11.6. The Morgan fingerprint density at radius 3 is 2.46 bits per heavy atom. The van der Waals surface area contributed by atoms with Crippen LogP contribution in [0.15, 0.2) is 65.8 Å². The van der Waals surface area contributed by atoms with E-state index in [0.29, 0.717) is 34.9 Å². The van der Waals surface area contributed by atoms with Crippen molar-refractivity contribution >= 4 is 45.7 Å². The number of ether oxygens (including phenoxy) is 1. The van der Waals surface area contributed by atoms with Crippen LogP contribution in [0.3, 0.4) is 0 Å². The summed E-state index contributed by atoms with van der Waals surface area (Å²) in [6.07, 6.45) is 7.02. The number of amides is 2. The van der Waals surface area contributed by atoms with E-state index in [4.69, 9.17) is 15.5 Å². The SMILES string of the molecule is Cc1nc(CN2CCN(CC3CCN(c4ccc5c(c4)n(C)c(=O)n5C4CCC(=O)NC4=O)CC3)CC2)sc1-c1cnc(N)c(O[C@H](C)c2cc(F)ccc2-n2nccn2)c1. The van der Waals surface area contributed by atoms with Crippen molar-refractivity contribution < 1.29 is 18.7 Å². The topological polar surface area (TPSA) is 175 Å². The molecule has 2 atom stereocenters. The second kappa shape index (κ2) is 16.8. The number of benzene rings is 2. The number of imidazole rings is 1. The molecule has 16 nitrogen and oxygen atoms in total. The fraction of sp³-hybridized carbons (Fsp3) is 0.419. The van der Waals surface area contributed by atoms with Gasteiger partial charge in [-0.1, -0.05) is 0 Å². The number of thiazole rings is 1. The largest absolute Gasteiger partial charge is 0.482 e. The number of piperazine rings is 1. The summed E-state index contributed by atoms with van der Waals surface area (Å²) < 4.78 is 23.8. The van der Waals surface area contributed by atoms with Crippen molar-refractivity contribution in [1.82, 2.24) is 49.2 Å². The minimum absolute atomic E-state index is 0.218. The van der Waals surface area contributed by atoms with E-state index in [0.717, 1.165) is 97.5 Å². The van der Waals surface area contributed by atoms with Crippen LogP contribution in [0.5, 0.6) is 5.75 Å². The maximum atomic E-state index is 14.4. The van der Waals surface area contributed by atoms with Gasteiger partial charge in [-0.3, -0.25) is 28.9 Å². The van der Waals surface area contributed by atoms with Gasteiger partial charge in [-0.15, -0.1) is 11.3 Å². The Morgan fingerprint density at radius 2 is 1.70 bits per heavy atom. The number of hydrogen-bond donors (Lipinski definition) is 2. The number of nitrogen functional groups attached to an aromatic ring is 1. The zero-order chi connectivity index (χ0) is 42.4. The third kappa shape index (κ3) is 8.26. The Kier molecular flexibility index (Phi) is 11.1. The molecule has 2 amide bonds. The van der Waals surface area contributed by atoms with E-state index in [2.05, 4.69) is 41.3 Å². The van der Waals surface area contributed by atoms with E-state index in [-0.39, 0.29) is 29.7 Å². The molecule has 0 bridgehead atoms. The maximum absolute atomic E-state index is 14.4. The first kappa shape index (κ1) is 40.4. The number of imide groups is 1. The van der Waals surface area contributed by atoms with E-state index in [1.807, 2.05) is 32.0 Å². The van der Waals surface area contributed by atoms with E-state index in [1.165, 1.54) is 21.5 Å². The highest BCUT2D eigenvalue weighted by molar-refractivity contribution is 7.15. The zero-order valence-corrected chi connectivity index (χ0v) is 35.3. The molecule has 0 spiro atoms. The highest BCUT2D eigenvalue weighted by atomic mass is 32.1. The van der Waals surface area contributed by atoms with Crippen LogP contribution >= 0.6 is 11.3 Å². The molecular weight excluding hydrogens is 800 g/mol. The minimum atomic E-state index is -0.691. The number of aryl methyl sites for hydroxylation is 2. The van der Waals surface area contributed by atoms with Crippen LogP contribution in [0.2, 0.25) is 0 Å². The van der Waals surface area contributed by atoms with Gasteiger partial charge in [0, 0.05) is 82.3 Å². The van der Waals surface area contributed by atoms with Crippen molar-refractivity contribution in [2.45, 2.75) is 58.2 Å². The summed E-state index contributed by atoms with van der Waals surface area (Å²) in [7, 11) is 1.74. The summed E-state index contributed by atoms with van der Waals surface area (Å²) in [6, 6.07) is 11.6. The first-order chi connectivity index (χ1) is 29.5. The maximum Gasteiger partial charge on any atom is 0.329 e. The number of rotatable bonds is 11. The number of nitrogens with zero attached hydrogens (tertiary/aromatic N) is 10. The quantitative estimate of drug-likeness (QED) is 0.174. The minimum Gasteiger partial charge on any atom is -0.482 e. The number of carbonyl (C=O) groups is 2. The third-order valence-corrected chi connectivity index (χ3v) is 13.5. The van der Waals surface area contributed by atoms with Crippen LogP contribution in [-0.4, -0.2) is 102 Å². The Morgan fingerprint density at radius 1 is 0.951 bits per heavy atom. The average molecular weight is 849 g/mol. The summed E-state index contributed by atoms with van der Waals surface area (Å²) in [4.78, 5) is 56.9. The molecule has 1 unspecified atom stereocenters. The first-order valence-electron chi connectivity index (χ1n) is 20.8. The van der Waals surface area contributed by atoms with E-state index >= 15 is 0 Å². The number of piperidine rings is 2. The number of anilines is 2. The highest BCUT2D eigenvalue weighted by Crippen LogP contribution is 2.37. The van der Waals surface area contributed by atoms with Gasteiger partial charge in [-0.25, -0.2) is 19.2 Å². The molecule has 3 N–H and O–H groups in total. The molecule has 0 aliphatic carbocycles. The molecule has 3 saturated heterocycles. The molecule has 3 aliphatic rings. The lowest BCUT2D eigenvalue weighted by Gasteiger charge is -2.39. The fourth-order valence-electron chi connectivity index (χ4n) is 8.93. The lowest BCUT2D eigenvalue weighted by atomic mass is 9.95. The zero-order valence-electron chi connectivity index (χ0n) is 34.5. The van der Waals surface area contributed by atoms with Crippen LogP contribution in [0.4, 0.5) is 15.9 Å². The Hall–Kier alpha value is -5.98. The second-order valence-corrected chi connectivity index (χ2v) is 17.4. The Labute approximate surface area is 355 Å². The molecule has 0 radical (unpaired) electrons. The second-order valence-electron chi connectivity index (χ2n) is 16.3. The normalized spacial score (nSPS) is 18.8. The van der Waals surface area contributed by atoms with Gasteiger partial charge in [0.1, 0.15) is 23.0 Å². The van der Waals surface area contributed by atoms with Crippen LogP contribution in [0, 0.1) is 18.7 Å². The van der Waals surface area contributed by atoms with E-state index < -0.39 is 18.1 Å². The number of hydrogen-bond acceptors (Lipinski definition) is 13. The molecule has 3 fully saturated rings. The summed E-state index contributed by atoms with van der Waals surface area (Å²) in [5, 5.41) is 11.8. The third-order valence-electron chi connectivity index (χ3n) is 12.3. The first-order valence-corrected chi connectivity index (χ1v) is 21.6. The molecule has 9 rings (SSSR count). The van der Waals surface area contributed by atoms with Crippen LogP contribution in [0.1, 0.15) is 61.0 Å². The van der Waals surface area contributed by atoms with Crippen LogP contribution in [0.25, 0.3) is 27.2 Å². The smallest absolute Gasteiger partial charge is 0.329 e. The van der Waals surface area contributed by atoms with Crippen LogP contribution < -0.4 is 26.4 Å². The Bertz CT molecular complexity index is 2640. The van der Waals surface area contributed by atoms with Gasteiger partial charge < -0.3 is 20.3 Å². The predicted molar refractivity (Wildman–Crippen MR) is 230 cm³/mol. The lowest BCUT2D eigenvalue weighted by Crippen LogP contribution is -2.48. The number of aromatic nitrogens is 7. The van der Waals surface area contributed by atoms with E-state index in [9.17, 15) is 18.8 Å². The van der Waals surface area contributed by atoms with Crippen molar-refractivity contribution in [3.63, 3.8) is 0 Å². The molecule has 61 heavy (non-hydrogen) atoms. The van der Waals surface area contributed by atoms with E-state index in [1.54, 1.807) is 47.6 Å². The van der Waals surface area contributed by atoms with Gasteiger partial charge in [0.15, 0.2) is 11.6 Å². The predicted octanol–water partition coefficient (Wildman–Crippen LogP) is 4.62. The number of halogens is 1. The standard InChI is InChI=1S/C43H49FN12O4S/c1-26-40(29-20-37(41(45)46-23-29)60-27(2)32-21-30(44)4-6-33(32)56-47-12-13-48-56)61-39(49-26)25-53-18-16-52(17-19-53)24-28-10-14-54(15-11-28)31-5-7-34-36(22-31)51(3)43(59)55(34)35-8-9-38(57)50-42(35)58/h4-7,12-13,20-23,27-28,35H,8-11,14-19,24-25H2,1-3H3,(H2,45,46)(H,50,57,58)/t27-,35?/m1/s1. The molecule has 2 aromatic carbocycles. The molecule has 0 saturated carbocycles. The number of fused-ring (bicyclic) bond motifs is 1. The van der Waals surface area contributed by atoms with Crippen molar-refractivity contribution in [2.75, 3.05) is 56.4 Å². The summed E-state index contributed by atoms with van der Waals surface area (Å²) in [5.74, 6) is 0.144. The van der Waals surface area contributed by atoms with Crippen LogP contribution in [-0.2, 0) is 23.2 Å². The average Bonchev–Trinajstić information content (AvgIpc) is 3.98. The van der Waals surface area contributed by atoms with Crippen molar-refractivity contribution in [3.05, 3.63) is 93.6 Å². The summed E-state index contributed by atoms with van der Waals surface area (Å²) >= 11 is 1.65. The molecular formula is C43H49FN12O4S. The molecule has 318 valence electrons. The lowest BCUT2D eigenvalue weighted by molar-refractivity contribution is -0.135. The van der Waals surface area contributed by atoms with Crippen molar-refractivity contribution in [1.29, 1.82) is 0 Å². The van der Waals surface area contributed by atoms with Gasteiger partial charge in [0.05, 0.1) is 46.2 Å². The molecule has 3 aliphatic heterocycles. The number of pyridine rings is 1. The molecule has 6 aromatic rings. The molecule has 18 heteroatoms. The molecule has 7 heterocycles. The number of nitrogens with one attached hydrogen (secondary N) is 1. The molecule has 4 aromatic heterocycles. The summed E-state index contributed by atoms with van der Waals surface area (Å²) in [6.45, 7) is 11.5. The highest BCUT2D eigenvalue weighted by Gasteiger charge is 2.32. The monoisotopic (exact) mass is 848 g/mol. The van der Waals surface area contributed by atoms with Gasteiger partial charge in [-0.05, 0) is 81.5 Å². The van der Waals surface area contributed by atoms with Gasteiger partial charge in [-0.2, -0.15) is 15.0 Å². The number of carbonyl (C=O) groups excluding carboxylic acids is 2. The number of nitrogens with two attached hydrogens (primary N) is 1. The fourth-order valence-corrected chi connectivity index (χ4v) is 10.0. The van der Waals surface area contributed by atoms with Gasteiger partial charge in [0.2, 0.25) is 11.8 Å². The van der Waals surface area contributed by atoms with Gasteiger partial charge in [0.25, 0.3) is 0 Å². The Balaban J connectivity index is 0.773. The van der Waals surface area contributed by atoms with Gasteiger partial charge >= 0.3 is 5.69 Å². The van der Waals surface area contributed by atoms with Crippen molar-refractivity contribution in [2.24, 2.45) is 13.0 Å². The van der Waals surface area contributed by atoms with Crippen molar-refractivity contribution in [3.8, 4) is 21.9 Å².